The summed E-state index contributed by atoms with van der Waals surface area (Å²) < 4.78 is 5.06. The molecule has 1 heterocycles. The molecular weight excluding hydrogens is 202 g/mol. The zero-order chi connectivity index (χ0) is 12.0. The van der Waals surface area contributed by atoms with E-state index in [9.17, 15) is 0 Å². The zero-order valence-corrected chi connectivity index (χ0v) is 10.5. The van der Waals surface area contributed by atoms with Gasteiger partial charge in [-0.05, 0) is 18.6 Å². The van der Waals surface area contributed by atoms with E-state index in [2.05, 4.69) is 23.3 Å². The fourth-order valence-electron chi connectivity index (χ4n) is 1.39. The van der Waals surface area contributed by atoms with E-state index in [1.165, 1.54) is 5.56 Å². The Labute approximate surface area is 97.6 Å². The molecule has 1 aromatic rings. The van der Waals surface area contributed by atoms with E-state index < -0.39 is 0 Å². The molecule has 4 heteroatoms. The van der Waals surface area contributed by atoms with E-state index in [1.54, 1.807) is 7.11 Å². The Morgan fingerprint density at radius 3 is 2.69 bits per heavy atom. The molecule has 0 fully saturated rings. The number of nitrogens with zero attached hydrogens (tertiary/aromatic N) is 2. The van der Waals surface area contributed by atoms with Crippen molar-refractivity contribution in [3.63, 3.8) is 0 Å². The van der Waals surface area contributed by atoms with Crippen molar-refractivity contribution in [2.75, 3.05) is 32.7 Å². The monoisotopic (exact) mass is 223 g/mol. The van der Waals surface area contributed by atoms with Crippen molar-refractivity contribution in [1.82, 2.24) is 10.3 Å². The molecule has 16 heavy (non-hydrogen) atoms. The molecular formula is C12H21N3O. The van der Waals surface area contributed by atoms with Gasteiger partial charge in [-0.2, -0.15) is 0 Å². The lowest BCUT2D eigenvalue weighted by Crippen LogP contribution is -2.29. The van der Waals surface area contributed by atoms with Gasteiger partial charge in [0.05, 0.1) is 6.61 Å². The van der Waals surface area contributed by atoms with Crippen molar-refractivity contribution in [2.24, 2.45) is 0 Å². The van der Waals surface area contributed by atoms with Crippen LogP contribution >= 0.6 is 0 Å². The maximum atomic E-state index is 5.06. The lowest BCUT2D eigenvalue weighted by molar-refractivity contribution is 0.171. The minimum absolute atomic E-state index is 0.360. The third-order valence-electron chi connectivity index (χ3n) is 2.34. The molecule has 0 aliphatic heterocycles. The minimum Gasteiger partial charge on any atom is -0.383 e. The molecule has 1 rings (SSSR count). The average molecular weight is 223 g/mol. The Balaban J connectivity index is 2.43. The summed E-state index contributed by atoms with van der Waals surface area (Å²) in [4.78, 5) is 6.35. The topological polar surface area (TPSA) is 37.4 Å². The summed E-state index contributed by atoms with van der Waals surface area (Å²) in [5, 5.41) is 3.37. The van der Waals surface area contributed by atoms with Crippen molar-refractivity contribution in [2.45, 2.75) is 19.5 Å². The van der Waals surface area contributed by atoms with Gasteiger partial charge in [-0.1, -0.05) is 6.07 Å². The summed E-state index contributed by atoms with van der Waals surface area (Å²) >= 11 is 0. The fourth-order valence-corrected chi connectivity index (χ4v) is 1.39. The first-order valence-electron chi connectivity index (χ1n) is 5.48. The third-order valence-corrected chi connectivity index (χ3v) is 2.34. The molecule has 0 spiro atoms. The van der Waals surface area contributed by atoms with Crippen molar-refractivity contribution < 1.29 is 4.74 Å². The van der Waals surface area contributed by atoms with Crippen LogP contribution in [-0.2, 0) is 11.3 Å². The number of anilines is 1. The zero-order valence-electron chi connectivity index (χ0n) is 10.5. The number of nitrogens with one attached hydrogen (secondary N) is 1. The summed E-state index contributed by atoms with van der Waals surface area (Å²) in [6.45, 7) is 3.65. The summed E-state index contributed by atoms with van der Waals surface area (Å²) in [6, 6.07) is 4.48. The van der Waals surface area contributed by atoms with Crippen LogP contribution in [0.4, 0.5) is 5.82 Å². The van der Waals surface area contributed by atoms with Crippen molar-refractivity contribution in [3.05, 3.63) is 23.9 Å². The summed E-state index contributed by atoms with van der Waals surface area (Å²) in [6.07, 6.45) is 1.90. The second-order valence-corrected chi connectivity index (χ2v) is 4.16. The Morgan fingerprint density at radius 2 is 2.19 bits per heavy atom. The summed E-state index contributed by atoms with van der Waals surface area (Å²) in [5.74, 6) is 0.980. The quantitative estimate of drug-likeness (QED) is 0.788. The summed E-state index contributed by atoms with van der Waals surface area (Å²) in [5.41, 5.74) is 1.19. The number of ether oxygens (including phenoxy) is 1. The molecule has 1 aromatic heterocycles. The SMILES string of the molecule is COCC(C)NCc1ccc(N(C)C)nc1. The molecule has 0 bridgehead atoms. The van der Waals surface area contributed by atoms with Gasteiger partial charge in [0.15, 0.2) is 0 Å². The van der Waals surface area contributed by atoms with Gasteiger partial charge in [-0.3, -0.25) is 0 Å². The molecule has 1 atom stereocenters. The number of hydrogen-bond acceptors (Lipinski definition) is 4. The fraction of sp³-hybridized carbons (Fsp3) is 0.583. The number of rotatable bonds is 6. The van der Waals surface area contributed by atoms with Crippen LogP contribution in [0.25, 0.3) is 0 Å². The number of pyridine rings is 1. The van der Waals surface area contributed by atoms with Gasteiger partial charge in [0.2, 0.25) is 0 Å². The van der Waals surface area contributed by atoms with E-state index in [-0.39, 0.29) is 0 Å². The highest BCUT2D eigenvalue weighted by Crippen LogP contribution is 2.07. The van der Waals surface area contributed by atoms with Gasteiger partial charge in [0.25, 0.3) is 0 Å². The van der Waals surface area contributed by atoms with Crippen LogP contribution in [0.15, 0.2) is 18.3 Å². The van der Waals surface area contributed by atoms with E-state index in [4.69, 9.17) is 4.74 Å². The van der Waals surface area contributed by atoms with Crippen LogP contribution in [0.1, 0.15) is 12.5 Å². The van der Waals surface area contributed by atoms with Gasteiger partial charge >= 0.3 is 0 Å². The Kier molecular flexibility index (Phi) is 5.22. The molecule has 0 saturated carbocycles. The van der Waals surface area contributed by atoms with E-state index in [0.717, 1.165) is 19.0 Å². The van der Waals surface area contributed by atoms with Gasteiger partial charge in [0, 0.05) is 40.0 Å². The van der Waals surface area contributed by atoms with Crippen LogP contribution in [0, 0.1) is 0 Å². The van der Waals surface area contributed by atoms with Gasteiger partial charge < -0.3 is 15.0 Å². The molecule has 0 aromatic carbocycles. The first kappa shape index (κ1) is 12.9. The lowest BCUT2D eigenvalue weighted by atomic mass is 10.2. The first-order chi connectivity index (χ1) is 7.63. The minimum atomic E-state index is 0.360. The van der Waals surface area contributed by atoms with Crippen LogP contribution in [0.5, 0.6) is 0 Å². The third kappa shape index (κ3) is 4.16. The standard InChI is InChI=1S/C12H21N3O/c1-10(9-16-4)13-7-11-5-6-12(14-8-11)15(2)3/h5-6,8,10,13H,7,9H2,1-4H3. The van der Waals surface area contributed by atoms with Gasteiger partial charge in [-0.25, -0.2) is 4.98 Å². The Bertz CT molecular complexity index is 298. The number of aromatic nitrogens is 1. The maximum absolute atomic E-state index is 5.06. The normalized spacial score (nSPS) is 12.5. The summed E-state index contributed by atoms with van der Waals surface area (Å²) in [7, 11) is 5.69. The molecule has 0 saturated heterocycles. The second kappa shape index (κ2) is 6.45. The van der Waals surface area contributed by atoms with E-state index in [0.29, 0.717) is 6.04 Å². The molecule has 90 valence electrons. The van der Waals surface area contributed by atoms with Crippen LogP contribution in [0.3, 0.4) is 0 Å². The molecule has 0 radical (unpaired) electrons. The molecule has 4 nitrogen and oxygen atoms in total. The molecule has 1 N–H and O–H groups in total. The first-order valence-corrected chi connectivity index (χ1v) is 5.48. The highest BCUT2D eigenvalue weighted by molar-refractivity contribution is 5.37. The molecule has 0 amide bonds. The van der Waals surface area contributed by atoms with Gasteiger partial charge in [0.1, 0.15) is 5.82 Å². The largest absolute Gasteiger partial charge is 0.383 e. The van der Waals surface area contributed by atoms with Crippen molar-refractivity contribution >= 4 is 5.82 Å². The lowest BCUT2D eigenvalue weighted by Gasteiger charge is -2.14. The maximum Gasteiger partial charge on any atom is 0.127 e. The van der Waals surface area contributed by atoms with Crippen molar-refractivity contribution in [1.29, 1.82) is 0 Å². The molecule has 0 aliphatic rings. The average Bonchev–Trinajstić information content (AvgIpc) is 2.27. The van der Waals surface area contributed by atoms with E-state index in [1.807, 2.05) is 31.3 Å². The second-order valence-electron chi connectivity index (χ2n) is 4.16. The van der Waals surface area contributed by atoms with E-state index >= 15 is 0 Å². The molecule has 1 unspecified atom stereocenters. The number of methoxy groups -OCH3 is 1. The highest BCUT2D eigenvalue weighted by atomic mass is 16.5. The predicted octanol–water partition coefficient (Wildman–Crippen LogP) is 1.27. The Morgan fingerprint density at radius 1 is 1.44 bits per heavy atom. The smallest absolute Gasteiger partial charge is 0.127 e. The van der Waals surface area contributed by atoms with Gasteiger partial charge in [-0.15, -0.1) is 0 Å². The van der Waals surface area contributed by atoms with Crippen LogP contribution in [0.2, 0.25) is 0 Å². The van der Waals surface area contributed by atoms with Crippen LogP contribution < -0.4 is 10.2 Å². The van der Waals surface area contributed by atoms with Crippen LogP contribution in [-0.4, -0.2) is 38.8 Å². The predicted molar refractivity (Wildman–Crippen MR) is 66.7 cm³/mol. The number of hydrogen-bond donors (Lipinski definition) is 1. The van der Waals surface area contributed by atoms with Crippen molar-refractivity contribution in [3.8, 4) is 0 Å². The molecule has 0 aliphatic carbocycles. The highest BCUT2D eigenvalue weighted by Gasteiger charge is 2.01. The Hall–Kier alpha value is -1.13.